The minimum atomic E-state index is -2.87. The Morgan fingerprint density at radius 2 is 1.73 bits per heavy atom. The number of aromatic nitrogens is 8. The van der Waals surface area contributed by atoms with Crippen molar-refractivity contribution in [1.82, 2.24) is 40.1 Å². The van der Waals surface area contributed by atoms with Gasteiger partial charge in [-0.05, 0) is 29.8 Å². The standard InChI is InChI=1S/C34H51N9O4Si2/c1-32(2,3)48(10,11)46-28-27-24(20-44-49(47-27,33(4,5)6)34(7,8)9)45-30(28)43-29-26(38-31(43)35-19-25-39-41-42-40-25)23(36-21-37-29)18-17-22-15-13-12-14-16-22/h12-18,21,24,27-28,30H,19-20H2,1-11H3,(H,35,38)(H,39,40,41,42)/t24-,27-,28-,30-/m1/s1. The van der Waals surface area contributed by atoms with Crippen molar-refractivity contribution < 1.29 is 18.0 Å². The maximum Gasteiger partial charge on any atom is 0.349 e. The van der Waals surface area contributed by atoms with Crippen LogP contribution in [-0.2, 0) is 24.6 Å². The summed E-state index contributed by atoms with van der Waals surface area (Å²) in [6.45, 7) is 25.3. The molecule has 6 rings (SSSR count). The molecule has 2 aliphatic rings. The lowest BCUT2D eigenvalue weighted by Crippen LogP contribution is -2.66. The van der Waals surface area contributed by atoms with Crippen LogP contribution < -0.4 is 5.32 Å². The highest BCUT2D eigenvalue weighted by molar-refractivity contribution is 6.74. The lowest BCUT2D eigenvalue weighted by Gasteiger charge is -2.54. The van der Waals surface area contributed by atoms with Crippen LogP contribution in [0.15, 0.2) is 36.7 Å². The van der Waals surface area contributed by atoms with Crippen LogP contribution in [0.25, 0.3) is 23.3 Å². The van der Waals surface area contributed by atoms with Gasteiger partial charge in [-0.2, -0.15) is 5.21 Å². The highest BCUT2D eigenvalue weighted by Crippen LogP contribution is 2.57. The fraction of sp³-hybridized carbons (Fsp3) is 0.588. The van der Waals surface area contributed by atoms with E-state index in [0.29, 0.717) is 35.2 Å². The van der Waals surface area contributed by atoms with Gasteiger partial charge in [-0.3, -0.25) is 4.57 Å². The zero-order chi connectivity index (χ0) is 35.4. The Morgan fingerprint density at radius 3 is 2.37 bits per heavy atom. The number of aromatic amines is 1. The summed E-state index contributed by atoms with van der Waals surface area (Å²) in [5, 5.41) is 17.5. The average Bonchev–Trinajstić information content (AvgIpc) is 3.75. The molecule has 0 radical (unpaired) electrons. The molecule has 264 valence electrons. The van der Waals surface area contributed by atoms with Crippen LogP contribution in [0.3, 0.4) is 0 Å². The van der Waals surface area contributed by atoms with Crippen molar-refractivity contribution >= 4 is 46.1 Å². The number of imidazole rings is 1. The topological polar surface area (TPSA) is 147 Å². The molecule has 2 aliphatic heterocycles. The number of benzene rings is 1. The van der Waals surface area contributed by atoms with Crippen molar-refractivity contribution in [3.8, 4) is 0 Å². The molecule has 2 saturated heterocycles. The second-order valence-electron chi connectivity index (χ2n) is 16.6. The fourth-order valence-corrected chi connectivity index (χ4v) is 13.0. The van der Waals surface area contributed by atoms with Gasteiger partial charge in [0.05, 0.1) is 18.8 Å². The van der Waals surface area contributed by atoms with Crippen LogP contribution in [0.2, 0.25) is 28.2 Å². The summed E-state index contributed by atoms with van der Waals surface area (Å²) in [6.07, 6.45) is 3.74. The van der Waals surface area contributed by atoms with Crippen molar-refractivity contribution in [2.75, 3.05) is 11.9 Å². The number of fused-ring (bicyclic) bond motifs is 2. The predicted octanol–water partition coefficient (Wildman–Crippen LogP) is 6.87. The molecule has 0 aliphatic carbocycles. The van der Waals surface area contributed by atoms with E-state index in [1.807, 2.05) is 47.1 Å². The Labute approximate surface area is 291 Å². The van der Waals surface area contributed by atoms with Crippen molar-refractivity contribution in [3.63, 3.8) is 0 Å². The van der Waals surface area contributed by atoms with E-state index in [2.05, 4.69) is 106 Å². The van der Waals surface area contributed by atoms with E-state index >= 15 is 0 Å². The third kappa shape index (κ3) is 6.63. The number of tetrazole rings is 1. The first-order chi connectivity index (χ1) is 22.9. The van der Waals surface area contributed by atoms with Crippen LogP contribution in [-0.4, -0.2) is 81.9 Å². The van der Waals surface area contributed by atoms with Crippen molar-refractivity contribution in [3.05, 3.63) is 53.7 Å². The molecule has 0 bridgehead atoms. The summed E-state index contributed by atoms with van der Waals surface area (Å²) >= 11 is 0. The van der Waals surface area contributed by atoms with Gasteiger partial charge in [0, 0.05) is 10.1 Å². The molecule has 4 atom stereocenters. The molecule has 15 heteroatoms. The molecule has 0 saturated carbocycles. The van der Waals surface area contributed by atoms with Crippen LogP contribution in [0.1, 0.15) is 85.6 Å². The summed E-state index contributed by atoms with van der Waals surface area (Å²) in [7, 11) is -5.23. The van der Waals surface area contributed by atoms with Crippen LogP contribution >= 0.6 is 0 Å². The lowest BCUT2D eigenvalue weighted by molar-refractivity contribution is -0.0792. The van der Waals surface area contributed by atoms with Crippen molar-refractivity contribution in [2.45, 2.75) is 122 Å². The van der Waals surface area contributed by atoms with Gasteiger partial charge in [0.25, 0.3) is 0 Å². The van der Waals surface area contributed by atoms with Gasteiger partial charge in [-0.25, -0.2) is 15.0 Å². The maximum absolute atomic E-state index is 7.37. The normalized spacial score (nSPS) is 23.3. The number of anilines is 1. The molecule has 0 amide bonds. The number of nitrogens with zero attached hydrogens (tertiary/aromatic N) is 7. The first-order valence-corrected chi connectivity index (χ1v) is 21.7. The van der Waals surface area contributed by atoms with Gasteiger partial charge in [0.15, 0.2) is 26.0 Å². The number of H-pyrrole nitrogens is 1. The third-order valence-corrected chi connectivity index (χ3v) is 19.6. The molecule has 0 spiro atoms. The molecule has 0 unspecified atom stereocenters. The molecular formula is C34H51N9O4Si2. The number of hydrogen-bond acceptors (Lipinski definition) is 11. The highest BCUT2D eigenvalue weighted by atomic mass is 28.4. The van der Waals surface area contributed by atoms with Gasteiger partial charge in [-0.15, -0.1) is 10.2 Å². The number of rotatable bonds is 8. The van der Waals surface area contributed by atoms with Crippen molar-refractivity contribution in [1.29, 1.82) is 0 Å². The first-order valence-electron chi connectivity index (χ1n) is 17.0. The largest absolute Gasteiger partial charge is 0.407 e. The molecule has 1 aromatic carbocycles. The zero-order valence-electron chi connectivity index (χ0n) is 30.6. The van der Waals surface area contributed by atoms with E-state index in [9.17, 15) is 0 Å². The second-order valence-corrected chi connectivity index (χ2v) is 26.1. The van der Waals surface area contributed by atoms with E-state index in [-0.39, 0.29) is 33.9 Å². The Hall–Kier alpha value is -3.35. The first kappa shape index (κ1) is 35.5. The van der Waals surface area contributed by atoms with Crippen LogP contribution in [0, 0.1) is 0 Å². The molecule has 13 nitrogen and oxygen atoms in total. The summed E-state index contributed by atoms with van der Waals surface area (Å²) < 4.78 is 30.6. The van der Waals surface area contributed by atoms with E-state index in [1.165, 1.54) is 0 Å². The minimum Gasteiger partial charge on any atom is -0.407 e. The summed E-state index contributed by atoms with van der Waals surface area (Å²) in [5.41, 5.74) is 2.97. The molecule has 4 aromatic rings. The van der Waals surface area contributed by atoms with Gasteiger partial charge in [0.1, 0.15) is 30.2 Å². The van der Waals surface area contributed by atoms with E-state index < -0.39 is 29.2 Å². The number of nitrogens with one attached hydrogen (secondary N) is 2. The fourth-order valence-electron chi connectivity index (χ4n) is 6.74. The van der Waals surface area contributed by atoms with Gasteiger partial charge < -0.3 is 23.3 Å². The predicted molar refractivity (Wildman–Crippen MR) is 194 cm³/mol. The molecule has 5 heterocycles. The Balaban J connectivity index is 1.49. The number of ether oxygens (including phenoxy) is 1. The summed E-state index contributed by atoms with van der Waals surface area (Å²) in [5.74, 6) is 1.02. The van der Waals surface area contributed by atoms with Gasteiger partial charge >= 0.3 is 8.56 Å². The quantitative estimate of drug-likeness (QED) is 0.185. The Bertz CT molecular complexity index is 1760. The second kappa shape index (κ2) is 12.8. The molecule has 2 fully saturated rings. The van der Waals surface area contributed by atoms with Gasteiger partial charge in [-0.1, -0.05) is 104 Å². The Morgan fingerprint density at radius 1 is 1.02 bits per heavy atom. The summed E-state index contributed by atoms with van der Waals surface area (Å²) in [4.78, 5) is 14.5. The highest BCUT2D eigenvalue weighted by Gasteiger charge is 2.66. The van der Waals surface area contributed by atoms with Gasteiger partial charge in [0.2, 0.25) is 5.95 Å². The SMILES string of the molecule is CC(C)(C)[Si](C)(C)O[C@@H]1[C@@H]2O[Si](C(C)(C)C)(C(C)(C)C)OC[C@H]2O[C@H]1n1c(NCc2nn[nH]n2)nc2c(C=Cc3ccccc3)ncnc21. The lowest BCUT2D eigenvalue weighted by atomic mass is 10.1. The van der Waals surface area contributed by atoms with Crippen LogP contribution in [0.4, 0.5) is 5.95 Å². The maximum atomic E-state index is 7.37. The Kier molecular flexibility index (Phi) is 9.24. The van der Waals surface area contributed by atoms with E-state index in [0.717, 1.165) is 5.56 Å². The molecule has 2 N–H and O–H groups in total. The summed E-state index contributed by atoms with van der Waals surface area (Å²) in [6, 6.07) is 10.1. The minimum absolute atomic E-state index is 0.0579. The van der Waals surface area contributed by atoms with E-state index in [4.69, 9.17) is 28.0 Å². The smallest absolute Gasteiger partial charge is 0.349 e. The zero-order valence-corrected chi connectivity index (χ0v) is 32.6. The van der Waals surface area contributed by atoms with Crippen molar-refractivity contribution in [2.24, 2.45) is 0 Å². The third-order valence-electron chi connectivity index (χ3n) is 10.0. The average molecular weight is 706 g/mol. The van der Waals surface area contributed by atoms with Crippen LogP contribution in [0.5, 0.6) is 0 Å². The monoisotopic (exact) mass is 705 g/mol. The molecule has 49 heavy (non-hydrogen) atoms. The molecular weight excluding hydrogens is 655 g/mol. The molecule has 3 aromatic heterocycles. The van der Waals surface area contributed by atoms with E-state index in [1.54, 1.807) is 6.33 Å². The number of hydrogen-bond donors (Lipinski definition) is 2.